The van der Waals surface area contributed by atoms with Crippen LogP contribution in [0.4, 0.5) is 0 Å². The van der Waals surface area contributed by atoms with Gasteiger partial charge in [-0.2, -0.15) is 9.78 Å². The molecule has 8 heteroatoms. The van der Waals surface area contributed by atoms with Crippen LogP contribution in [-0.2, 0) is 13.0 Å². The third-order valence-corrected chi connectivity index (χ3v) is 3.51. The molecule has 0 aliphatic rings. The van der Waals surface area contributed by atoms with Crippen LogP contribution in [0.3, 0.4) is 0 Å². The fraction of sp³-hybridized carbons (Fsp3) is 0.438. The SMILES string of the molecule is COc1cccc(-c2nnn(Cc3nc(CCC(C)C)no3)n2)c1. The summed E-state index contributed by atoms with van der Waals surface area (Å²) in [5.74, 6) is 3.06. The van der Waals surface area contributed by atoms with Crippen LogP contribution in [0.15, 0.2) is 28.8 Å². The molecule has 1 aromatic carbocycles. The van der Waals surface area contributed by atoms with Crippen molar-refractivity contribution in [2.75, 3.05) is 7.11 Å². The summed E-state index contributed by atoms with van der Waals surface area (Å²) in [6, 6.07) is 7.51. The molecule has 0 radical (unpaired) electrons. The highest BCUT2D eigenvalue weighted by Crippen LogP contribution is 2.19. The van der Waals surface area contributed by atoms with E-state index >= 15 is 0 Å². The fourth-order valence-electron chi connectivity index (χ4n) is 2.18. The first kappa shape index (κ1) is 16.1. The molecule has 0 fully saturated rings. The summed E-state index contributed by atoms with van der Waals surface area (Å²) in [5.41, 5.74) is 0.837. The minimum absolute atomic E-state index is 0.297. The summed E-state index contributed by atoms with van der Waals surface area (Å²) in [5, 5.41) is 16.4. The molecule has 24 heavy (non-hydrogen) atoms. The Morgan fingerprint density at radius 3 is 2.96 bits per heavy atom. The van der Waals surface area contributed by atoms with Crippen LogP contribution in [0.5, 0.6) is 5.75 Å². The van der Waals surface area contributed by atoms with Gasteiger partial charge >= 0.3 is 0 Å². The Morgan fingerprint density at radius 1 is 1.29 bits per heavy atom. The average Bonchev–Trinajstić information content (AvgIpc) is 3.23. The van der Waals surface area contributed by atoms with Crippen LogP contribution >= 0.6 is 0 Å². The molecule has 2 heterocycles. The van der Waals surface area contributed by atoms with E-state index in [1.54, 1.807) is 7.11 Å². The maximum absolute atomic E-state index is 5.24. The van der Waals surface area contributed by atoms with Crippen LogP contribution in [-0.4, -0.2) is 37.5 Å². The van der Waals surface area contributed by atoms with Crippen molar-refractivity contribution in [2.24, 2.45) is 5.92 Å². The zero-order valence-corrected chi connectivity index (χ0v) is 14.0. The number of aromatic nitrogens is 6. The van der Waals surface area contributed by atoms with Crippen molar-refractivity contribution in [1.82, 2.24) is 30.3 Å². The first-order valence-electron chi connectivity index (χ1n) is 7.87. The second kappa shape index (κ2) is 7.20. The molecular weight excluding hydrogens is 308 g/mol. The van der Waals surface area contributed by atoms with E-state index in [1.807, 2.05) is 24.3 Å². The molecule has 0 unspecified atom stereocenters. The third kappa shape index (κ3) is 3.95. The maximum Gasteiger partial charge on any atom is 0.250 e. The predicted molar refractivity (Wildman–Crippen MR) is 86.4 cm³/mol. The second-order valence-electron chi connectivity index (χ2n) is 5.91. The van der Waals surface area contributed by atoms with E-state index in [0.717, 1.165) is 24.2 Å². The standard InChI is InChI=1S/C16H20N6O2/c1-11(2)7-8-14-17-15(24-20-14)10-22-19-16(18-21-22)12-5-4-6-13(9-12)23-3/h4-6,9,11H,7-8,10H2,1-3H3. The van der Waals surface area contributed by atoms with Gasteiger partial charge in [-0.25, -0.2) is 0 Å². The number of nitrogens with zero attached hydrogens (tertiary/aromatic N) is 6. The number of methoxy groups -OCH3 is 1. The summed E-state index contributed by atoms with van der Waals surface area (Å²) in [6.07, 6.45) is 1.83. The molecular formula is C16H20N6O2. The van der Waals surface area contributed by atoms with Gasteiger partial charge in [-0.05, 0) is 29.7 Å². The summed E-state index contributed by atoms with van der Waals surface area (Å²) in [7, 11) is 1.62. The highest BCUT2D eigenvalue weighted by molar-refractivity contribution is 5.56. The topological polar surface area (TPSA) is 91.8 Å². The molecule has 126 valence electrons. The van der Waals surface area contributed by atoms with Crippen molar-refractivity contribution in [2.45, 2.75) is 33.2 Å². The highest BCUT2D eigenvalue weighted by atomic mass is 16.5. The number of hydrogen-bond acceptors (Lipinski definition) is 7. The van der Waals surface area contributed by atoms with Gasteiger partial charge in [0.1, 0.15) is 12.3 Å². The van der Waals surface area contributed by atoms with Crippen molar-refractivity contribution in [3.8, 4) is 17.1 Å². The molecule has 0 aliphatic carbocycles. The van der Waals surface area contributed by atoms with Gasteiger partial charge < -0.3 is 9.26 Å². The summed E-state index contributed by atoms with van der Waals surface area (Å²) < 4.78 is 10.4. The minimum Gasteiger partial charge on any atom is -0.497 e. The first-order valence-corrected chi connectivity index (χ1v) is 7.87. The predicted octanol–water partition coefficient (Wildman–Crippen LogP) is 2.37. The number of rotatable bonds is 7. The van der Waals surface area contributed by atoms with Crippen molar-refractivity contribution < 1.29 is 9.26 Å². The lowest BCUT2D eigenvalue weighted by atomic mass is 10.1. The van der Waals surface area contributed by atoms with Crippen LogP contribution in [0.2, 0.25) is 0 Å². The normalized spacial score (nSPS) is 11.2. The van der Waals surface area contributed by atoms with Crippen LogP contribution in [0.25, 0.3) is 11.4 Å². The van der Waals surface area contributed by atoms with E-state index in [1.165, 1.54) is 4.80 Å². The molecule has 0 atom stereocenters. The molecule has 8 nitrogen and oxygen atoms in total. The van der Waals surface area contributed by atoms with Crippen LogP contribution < -0.4 is 4.74 Å². The van der Waals surface area contributed by atoms with Gasteiger partial charge in [-0.3, -0.25) is 0 Å². The van der Waals surface area contributed by atoms with Gasteiger partial charge in [0.25, 0.3) is 0 Å². The number of ether oxygens (including phenoxy) is 1. The maximum atomic E-state index is 5.24. The number of hydrogen-bond donors (Lipinski definition) is 0. The third-order valence-electron chi connectivity index (χ3n) is 3.51. The molecule has 3 rings (SSSR count). The molecule has 0 spiro atoms. The molecule has 0 saturated carbocycles. The van der Waals surface area contributed by atoms with Gasteiger partial charge in [-0.15, -0.1) is 10.2 Å². The zero-order chi connectivity index (χ0) is 16.9. The molecule has 3 aromatic rings. The van der Waals surface area contributed by atoms with E-state index < -0.39 is 0 Å². The molecule has 0 bridgehead atoms. The first-order chi connectivity index (χ1) is 11.6. The average molecular weight is 328 g/mol. The van der Waals surface area contributed by atoms with Gasteiger partial charge in [0.15, 0.2) is 5.82 Å². The highest BCUT2D eigenvalue weighted by Gasteiger charge is 2.11. The quantitative estimate of drug-likeness (QED) is 0.657. The van der Waals surface area contributed by atoms with Gasteiger partial charge in [0.2, 0.25) is 11.7 Å². The van der Waals surface area contributed by atoms with Crippen LogP contribution in [0.1, 0.15) is 32.0 Å². The smallest absolute Gasteiger partial charge is 0.250 e. The Bertz CT molecular complexity index is 795. The van der Waals surface area contributed by atoms with Crippen molar-refractivity contribution >= 4 is 0 Å². The molecule has 0 amide bonds. The fourth-order valence-corrected chi connectivity index (χ4v) is 2.18. The lowest BCUT2D eigenvalue weighted by Gasteiger charge is -2.00. The van der Waals surface area contributed by atoms with E-state index in [-0.39, 0.29) is 0 Å². The monoisotopic (exact) mass is 328 g/mol. The van der Waals surface area contributed by atoms with Crippen LogP contribution in [0, 0.1) is 5.92 Å². The van der Waals surface area contributed by atoms with Gasteiger partial charge in [0.05, 0.1) is 7.11 Å². The Kier molecular flexibility index (Phi) is 4.83. The van der Waals surface area contributed by atoms with Crippen molar-refractivity contribution in [3.05, 3.63) is 36.0 Å². The Morgan fingerprint density at radius 2 is 2.17 bits per heavy atom. The molecule has 0 saturated heterocycles. The van der Waals surface area contributed by atoms with Gasteiger partial charge in [-0.1, -0.05) is 31.1 Å². The molecule has 0 N–H and O–H groups in total. The molecule has 0 aliphatic heterocycles. The second-order valence-corrected chi connectivity index (χ2v) is 5.91. The Hall–Kier alpha value is -2.77. The number of aryl methyl sites for hydroxylation is 1. The Balaban J connectivity index is 1.67. The van der Waals surface area contributed by atoms with Crippen molar-refractivity contribution in [1.29, 1.82) is 0 Å². The summed E-state index contributed by atoms with van der Waals surface area (Å²) in [6.45, 7) is 4.63. The lowest BCUT2D eigenvalue weighted by Crippen LogP contribution is -2.04. The lowest BCUT2D eigenvalue weighted by molar-refractivity contribution is 0.351. The molecule has 2 aromatic heterocycles. The van der Waals surface area contributed by atoms with E-state index in [2.05, 4.69) is 39.4 Å². The summed E-state index contributed by atoms with van der Waals surface area (Å²) >= 11 is 0. The van der Waals surface area contributed by atoms with E-state index in [4.69, 9.17) is 9.26 Å². The number of benzene rings is 1. The Labute approximate surface area is 139 Å². The summed E-state index contributed by atoms with van der Waals surface area (Å²) in [4.78, 5) is 5.80. The van der Waals surface area contributed by atoms with Crippen molar-refractivity contribution in [3.63, 3.8) is 0 Å². The van der Waals surface area contributed by atoms with E-state index in [0.29, 0.717) is 30.0 Å². The zero-order valence-electron chi connectivity index (χ0n) is 14.0. The van der Waals surface area contributed by atoms with E-state index in [9.17, 15) is 0 Å². The largest absolute Gasteiger partial charge is 0.497 e. The number of tetrazole rings is 1. The van der Waals surface area contributed by atoms with Gasteiger partial charge in [0, 0.05) is 12.0 Å². The minimum atomic E-state index is 0.297.